The molecule has 2 aromatic carbocycles. The maximum atomic E-state index is 9.08. The molecular formula is C14H10BrClN2. The summed E-state index contributed by atoms with van der Waals surface area (Å²) < 4.78 is 0.951. The third kappa shape index (κ3) is 2.84. The number of aryl methyl sites for hydroxylation is 1. The molecule has 0 bridgehead atoms. The van der Waals surface area contributed by atoms with Gasteiger partial charge in [-0.25, -0.2) is 0 Å². The number of hydrogen-bond acceptors (Lipinski definition) is 2. The van der Waals surface area contributed by atoms with Crippen LogP contribution in [0.15, 0.2) is 40.9 Å². The number of halogens is 2. The average Bonchev–Trinajstić information content (AvgIpc) is 2.36. The highest BCUT2D eigenvalue weighted by Gasteiger charge is 2.06. The lowest BCUT2D eigenvalue weighted by molar-refractivity contribution is 1.42. The summed E-state index contributed by atoms with van der Waals surface area (Å²) in [7, 11) is 0. The van der Waals surface area contributed by atoms with Crippen molar-refractivity contribution in [2.45, 2.75) is 6.92 Å². The van der Waals surface area contributed by atoms with Gasteiger partial charge in [0.05, 0.1) is 16.9 Å². The van der Waals surface area contributed by atoms with E-state index in [0.717, 1.165) is 21.4 Å². The van der Waals surface area contributed by atoms with Crippen molar-refractivity contribution >= 4 is 38.9 Å². The van der Waals surface area contributed by atoms with Crippen LogP contribution in [0.25, 0.3) is 0 Å². The summed E-state index contributed by atoms with van der Waals surface area (Å²) in [5, 5.41) is 12.9. The van der Waals surface area contributed by atoms with Gasteiger partial charge in [-0.05, 0) is 58.7 Å². The Hall–Kier alpha value is -1.50. The molecule has 0 heterocycles. The van der Waals surface area contributed by atoms with Crippen LogP contribution in [0.3, 0.4) is 0 Å². The van der Waals surface area contributed by atoms with E-state index in [0.29, 0.717) is 10.6 Å². The molecule has 90 valence electrons. The minimum Gasteiger partial charge on any atom is -0.354 e. The third-order valence-corrected chi connectivity index (χ3v) is 3.42. The largest absolute Gasteiger partial charge is 0.354 e. The minimum absolute atomic E-state index is 0.524. The van der Waals surface area contributed by atoms with Crippen LogP contribution in [0.1, 0.15) is 11.1 Å². The van der Waals surface area contributed by atoms with E-state index < -0.39 is 0 Å². The number of hydrogen-bond donors (Lipinski definition) is 1. The minimum atomic E-state index is 0.524. The molecule has 4 heteroatoms. The highest BCUT2D eigenvalue weighted by Crippen LogP contribution is 2.29. The summed E-state index contributed by atoms with van der Waals surface area (Å²) >= 11 is 9.34. The quantitative estimate of drug-likeness (QED) is 0.842. The van der Waals surface area contributed by atoms with Crippen LogP contribution in [0.2, 0.25) is 5.02 Å². The maximum Gasteiger partial charge on any atom is 0.101 e. The van der Waals surface area contributed by atoms with Crippen molar-refractivity contribution in [1.29, 1.82) is 5.26 Å². The molecule has 2 aromatic rings. The molecule has 0 atom stereocenters. The fourth-order valence-electron chi connectivity index (χ4n) is 1.60. The Morgan fingerprint density at radius 2 is 1.94 bits per heavy atom. The van der Waals surface area contributed by atoms with Gasteiger partial charge in [0, 0.05) is 9.50 Å². The SMILES string of the molecule is Cc1ccc(Br)c(Nc2ccc(Cl)cc2C#N)c1. The van der Waals surface area contributed by atoms with E-state index in [1.807, 2.05) is 25.1 Å². The van der Waals surface area contributed by atoms with Gasteiger partial charge in [-0.15, -0.1) is 0 Å². The molecule has 1 N–H and O–H groups in total. The van der Waals surface area contributed by atoms with Crippen molar-refractivity contribution < 1.29 is 0 Å². The molecule has 0 saturated heterocycles. The van der Waals surface area contributed by atoms with E-state index in [-0.39, 0.29) is 0 Å². The lowest BCUT2D eigenvalue weighted by Gasteiger charge is -2.11. The number of rotatable bonds is 2. The van der Waals surface area contributed by atoms with Gasteiger partial charge in [0.2, 0.25) is 0 Å². The highest BCUT2D eigenvalue weighted by molar-refractivity contribution is 9.10. The van der Waals surface area contributed by atoms with E-state index in [1.54, 1.807) is 18.2 Å². The van der Waals surface area contributed by atoms with E-state index in [1.165, 1.54) is 0 Å². The van der Waals surface area contributed by atoms with Gasteiger partial charge in [0.25, 0.3) is 0 Å². The average molecular weight is 322 g/mol. The number of nitriles is 1. The summed E-state index contributed by atoms with van der Waals surface area (Å²) in [4.78, 5) is 0. The maximum absolute atomic E-state index is 9.08. The first kappa shape index (κ1) is 12.9. The second-order valence-corrected chi connectivity index (χ2v) is 5.20. The first-order valence-corrected chi connectivity index (χ1v) is 6.50. The molecule has 0 radical (unpaired) electrons. The molecular weight excluding hydrogens is 312 g/mol. The highest BCUT2D eigenvalue weighted by atomic mass is 79.9. The van der Waals surface area contributed by atoms with E-state index in [2.05, 4.69) is 27.3 Å². The van der Waals surface area contributed by atoms with Crippen LogP contribution in [0.5, 0.6) is 0 Å². The van der Waals surface area contributed by atoms with Gasteiger partial charge in [-0.1, -0.05) is 17.7 Å². The monoisotopic (exact) mass is 320 g/mol. The summed E-state index contributed by atoms with van der Waals surface area (Å²) in [6, 6.07) is 13.3. The topological polar surface area (TPSA) is 35.8 Å². The Labute approximate surface area is 119 Å². The van der Waals surface area contributed by atoms with Gasteiger partial charge in [-0.3, -0.25) is 0 Å². The van der Waals surface area contributed by atoms with Gasteiger partial charge < -0.3 is 5.32 Å². The predicted octanol–water partition coefficient (Wildman–Crippen LogP) is 5.03. The van der Waals surface area contributed by atoms with Crippen LogP contribution < -0.4 is 5.32 Å². The number of nitrogens with zero attached hydrogens (tertiary/aromatic N) is 1. The summed E-state index contributed by atoms with van der Waals surface area (Å²) in [6.45, 7) is 2.02. The molecule has 0 amide bonds. The lowest BCUT2D eigenvalue weighted by Crippen LogP contribution is -1.95. The molecule has 0 aromatic heterocycles. The Bertz CT molecular complexity index is 632. The zero-order valence-electron chi connectivity index (χ0n) is 9.67. The fraction of sp³-hybridized carbons (Fsp3) is 0.0714. The third-order valence-electron chi connectivity index (χ3n) is 2.49. The molecule has 2 rings (SSSR count). The van der Waals surface area contributed by atoms with Crippen LogP contribution >= 0.6 is 27.5 Å². The first-order chi connectivity index (χ1) is 8.60. The Kier molecular flexibility index (Phi) is 3.90. The molecule has 18 heavy (non-hydrogen) atoms. The standard InChI is InChI=1S/C14H10BrClN2/c1-9-2-4-12(15)14(6-9)18-13-5-3-11(16)7-10(13)8-17/h2-7,18H,1H3. The van der Waals surface area contributed by atoms with Crippen molar-refractivity contribution in [2.24, 2.45) is 0 Å². The molecule has 0 unspecified atom stereocenters. The normalized spacial score (nSPS) is 9.89. The number of benzene rings is 2. The van der Waals surface area contributed by atoms with E-state index >= 15 is 0 Å². The smallest absolute Gasteiger partial charge is 0.101 e. The van der Waals surface area contributed by atoms with Crippen LogP contribution in [0.4, 0.5) is 11.4 Å². The van der Waals surface area contributed by atoms with Crippen molar-refractivity contribution in [3.8, 4) is 6.07 Å². The predicted molar refractivity (Wildman–Crippen MR) is 78.3 cm³/mol. The Morgan fingerprint density at radius 3 is 2.67 bits per heavy atom. The lowest BCUT2D eigenvalue weighted by atomic mass is 10.1. The molecule has 0 spiro atoms. The van der Waals surface area contributed by atoms with E-state index in [4.69, 9.17) is 16.9 Å². The molecule has 0 saturated carbocycles. The molecule has 2 nitrogen and oxygen atoms in total. The van der Waals surface area contributed by atoms with Crippen molar-refractivity contribution in [1.82, 2.24) is 0 Å². The first-order valence-electron chi connectivity index (χ1n) is 5.33. The molecule has 0 aliphatic carbocycles. The van der Waals surface area contributed by atoms with Crippen LogP contribution in [-0.2, 0) is 0 Å². The van der Waals surface area contributed by atoms with Gasteiger partial charge >= 0.3 is 0 Å². The second kappa shape index (κ2) is 5.43. The Balaban J connectivity index is 2.40. The van der Waals surface area contributed by atoms with Crippen molar-refractivity contribution in [2.75, 3.05) is 5.32 Å². The number of anilines is 2. The summed E-state index contributed by atoms with van der Waals surface area (Å²) in [6.07, 6.45) is 0. The summed E-state index contributed by atoms with van der Waals surface area (Å²) in [5.41, 5.74) is 3.34. The second-order valence-electron chi connectivity index (χ2n) is 3.91. The fourth-order valence-corrected chi connectivity index (χ4v) is 2.12. The zero-order valence-corrected chi connectivity index (χ0v) is 12.0. The molecule has 0 fully saturated rings. The van der Waals surface area contributed by atoms with Crippen molar-refractivity contribution in [3.05, 3.63) is 57.0 Å². The van der Waals surface area contributed by atoms with E-state index in [9.17, 15) is 0 Å². The van der Waals surface area contributed by atoms with Gasteiger partial charge in [-0.2, -0.15) is 5.26 Å². The molecule has 0 aliphatic heterocycles. The Morgan fingerprint density at radius 1 is 1.17 bits per heavy atom. The van der Waals surface area contributed by atoms with Gasteiger partial charge in [0.1, 0.15) is 6.07 Å². The van der Waals surface area contributed by atoms with Crippen molar-refractivity contribution in [3.63, 3.8) is 0 Å². The van der Waals surface area contributed by atoms with Gasteiger partial charge in [0.15, 0.2) is 0 Å². The summed E-state index contributed by atoms with van der Waals surface area (Å²) in [5.74, 6) is 0. The van der Waals surface area contributed by atoms with Crippen LogP contribution in [0, 0.1) is 18.3 Å². The van der Waals surface area contributed by atoms with Crippen LogP contribution in [-0.4, -0.2) is 0 Å². The zero-order chi connectivity index (χ0) is 13.1. The molecule has 0 aliphatic rings. The number of nitrogens with one attached hydrogen (secondary N) is 1.